The van der Waals surface area contributed by atoms with Gasteiger partial charge in [-0.15, -0.1) is 0 Å². The van der Waals surface area contributed by atoms with Gasteiger partial charge in [0.25, 0.3) is 0 Å². The molecule has 4 nitrogen and oxygen atoms in total. The Kier molecular flexibility index (Phi) is 3.73. The van der Waals surface area contributed by atoms with Crippen LogP contribution < -0.4 is 5.63 Å². The Morgan fingerprint density at radius 2 is 1.89 bits per heavy atom. The van der Waals surface area contributed by atoms with E-state index in [1.54, 1.807) is 0 Å². The number of carbonyl (C=O) groups excluding carboxylic acids is 2. The quantitative estimate of drug-likeness (QED) is 0.495. The fraction of sp³-hybridized carbons (Fsp3) is 0.154. The van der Waals surface area contributed by atoms with Gasteiger partial charge in [-0.2, -0.15) is 0 Å². The van der Waals surface area contributed by atoms with Crippen molar-refractivity contribution in [3.63, 3.8) is 0 Å². The molecule has 0 radical (unpaired) electrons. The first-order chi connectivity index (χ1) is 8.88. The SMILES string of the molecule is CC(=O)CC(=O)c1cc2cc(Cl)cc(Cl)c2oc1=O. The van der Waals surface area contributed by atoms with Crippen LogP contribution in [0.15, 0.2) is 27.4 Å². The van der Waals surface area contributed by atoms with Gasteiger partial charge in [0.1, 0.15) is 11.3 Å². The van der Waals surface area contributed by atoms with Crippen LogP contribution in [0.3, 0.4) is 0 Å². The minimum Gasteiger partial charge on any atom is -0.421 e. The van der Waals surface area contributed by atoms with Gasteiger partial charge in [0.05, 0.1) is 11.4 Å². The van der Waals surface area contributed by atoms with E-state index in [-0.39, 0.29) is 28.4 Å². The third-order valence-electron chi connectivity index (χ3n) is 2.46. The monoisotopic (exact) mass is 298 g/mol. The van der Waals surface area contributed by atoms with E-state index in [1.165, 1.54) is 25.1 Å². The summed E-state index contributed by atoms with van der Waals surface area (Å²) in [4.78, 5) is 34.4. The van der Waals surface area contributed by atoms with Gasteiger partial charge in [-0.1, -0.05) is 23.2 Å². The fourth-order valence-corrected chi connectivity index (χ4v) is 2.22. The summed E-state index contributed by atoms with van der Waals surface area (Å²) in [5.41, 5.74) is -0.834. The highest BCUT2D eigenvalue weighted by atomic mass is 35.5. The highest BCUT2D eigenvalue weighted by Crippen LogP contribution is 2.27. The highest BCUT2D eigenvalue weighted by Gasteiger charge is 2.16. The number of Topliss-reactive ketones (excluding diaryl/α,β-unsaturated/α-hetero) is 2. The van der Waals surface area contributed by atoms with E-state index in [9.17, 15) is 14.4 Å². The molecule has 1 aromatic heterocycles. The van der Waals surface area contributed by atoms with Crippen molar-refractivity contribution < 1.29 is 14.0 Å². The van der Waals surface area contributed by atoms with Crippen LogP contribution >= 0.6 is 23.2 Å². The van der Waals surface area contributed by atoms with Crippen molar-refractivity contribution in [3.05, 3.63) is 44.2 Å². The van der Waals surface area contributed by atoms with Gasteiger partial charge in [-0.3, -0.25) is 9.59 Å². The summed E-state index contributed by atoms with van der Waals surface area (Å²) in [6, 6.07) is 4.30. The van der Waals surface area contributed by atoms with Crippen LogP contribution in [-0.2, 0) is 4.79 Å². The second kappa shape index (κ2) is 5.15. The zero-order valence-corrected chi connectivity index (χ0v) is 11.3. The minimum atomic E-state index is -0.817. The molecule has 0 fully saturated rings. The number of rotatable bonds is 3. The summed E-state index contributed by atoms with van der Waals surface area (Å²) in [6.45, 7) is 1.27. The molecule has 0 aliphatic rings. The fourth-order valence-electron chi connectivity index (χ4n) is 1.67. The molecule has 1 heterocycles. The number of benzene rings is 1. The molecule has 0 aliphatic carbocycles. The second-order valence-corrected chi connectivity index (χ2v) is 4.90. The van der Waals surface area contributed by atoms with Crippen LogP contribution in [0, 0.1) is 0 Å². The van der Waals surface area contributed by atoms with Crippen LogP contribution in [0.4, 0.5) is 0 Å². The lowest BCUT2D eigenvalue weighted by Gasteiger charge is -2.03. The normalized spacial score (nSPS) is 10.7. The maximum atomic E-state index is 11.7. The van der Waals surface area contributed by atoms with Gasteiger partial charge in [0, 0.05) is 10.4 Å². The average molecular weight is 299 g/mol. The Morgan fingerprint density at radius 3 is 2.53 bits per heavy atom. The molecular formula is C13H8Cl2O4. The third kappa shape index (κ3) is 2.85. The summed E-state index contributed by atoms with van der Waals surface area (Å²) < 4.78 is 5.00. The summed E-state index contributed by atoms with van der Waals surface area (Å²) in [5.74, 6) is -0.909. The molecule has 0 bridgehead atoms. The summed E-state index contributed by atoms with van der Waals surface area (Å²) in [5, 5.41) is 0.977. The lowest BCUT2D eigenvalue weighted by atomic mass is 10.1. The molecule has 1 aromatic carbocycles. The number of fused-ring (bicyclic) bond motifs is 1. The largest absolute Gasteiger partial charge is 0.421 e. The smallest absolute Gasteiger partial charge is 0.347 e. The van der Waals surface area contributed by atoms with Crippen molar-refractivity contribution in [1.29, 1.82) is 0 Å². The number of ketones is 2. The molecule has 2 rings (SSSR count). The molecule has 0 amide bonds. The van der Waals surface area contributed by atoms with Gasteiger partial charge in [-0.25, -0.2) is 4.79 Å². The van der Waals surface area contributed by atoms with Crippen LogP contribution in [0.2, 0.25) is 10.0 Å². The van der Waals surface area contributed by atoms with Gasteiger partial charge in [0.2, 0.25) is 0 Å². The molecule has 0 atom stereocenters. The summed E-state index contributed by atoms with van der Waals surface area (Å²) in [6.07, 6.45) is -0.343. The van der Waals surface area contributed by atoms with Gasteiger partial charge >= 0.3 is 5.63 Å². The maximum Gasteiger partial charge on any atom is 0.347 e. The topological polar surface area (TPSA) is 64.3 Å². The Hall–Kier alpha value is -1.65. The minimum absolute atomic E-state index is 0.162. The number of hydrogen-bond acceptors (Lipinski definition) is 4. The molecule has 0 saturated carbocycles. The number of carbonyl (C=O) groups is 2. The predicted octanol–water partition coefficient (Wildman–Crippen LogP) is 3.26. The van der Waals surface area contributed by atoms with E-state index in [0.717, 1.165) is 0 Å². The number of halogens is 2. The van der Waals surface area contributed by atoms with Crippen molar-refractivity contribution >= 4 is 45.7 Å². The first-order valence-corrected chi connectivity index (χ1v) is 6.09. The van der Waals surface area contributed by atoms with E-state index in [0.29, 0.717) is 10.4 Å². The molecular weight excluding hydrogens is 291 g/mol. The summed E-state index contributed by atoms with van der Waals surface area (Å²) >= 11 is 11.7. The molecule has 0 aliphatic heterocycles. The first-order valence-electron chi connectivity index (χ1n) is 5.34. The molecule has 0 saturated heterocycles. The average Bonchev–Trinajstić information content (AvgIpc) is 2.28. The number of hydrogen-bond donors (Lipinski definition) is 0. The van der Waals surface area contributed by atoms with E-state index < -0.39 is 11.4 Å². The van der Waals surface area contributed by atoms with Crippen molar-refractivity contribution in [2.75, 3.05) is 0 Å². The molecule has 6 heteroatoms. The molecule has 0 N–H and O–H groups in total. The van der Waals surface area contributed by atoms with Crippen molar-refractivity contribution in [2.24, 2.45) is 0 Å². The standard InChI is InChI=1S/C13H8Cl2O4/c1-6(16)2-11(17)9-4-7-3-8(14)5-10(15)12(7)19-13(9)18/h3-5H,2H2,1H3. The molecule has 19 heavy (non-hydrogen) atoms. The van der Waals surface area contributed by atoms with E-state index in [2.05, 4.69) is 0 Å². The second-order valence-electron chi connectivity index (χ2n) is 4.06. The van der Waals surface area contributed by atoms with Crippen LogP contribution in [-0.4, -0.2) is 11.6 Å². The van der Waals surface area contributed by atoms with Crippen LogP contribution in [0.1, 0.15) is 23.7 Å². The van der Waals surface area contributed by atoms with Gasteiger partial charge < -0.3 is 4.42 Å². The molecule has 2 aromatic rings. The Morgan fingerprint density at radius 1 is 1.21 bits per heavy atom. The molecule has 0 spiro atoms. The highest BCUT2D eigenvalue weighted by molar-refractivity contribution is 6.38. The van der Waals surface area contributed by atoms with Crippen molar-refractivity contribution in [1.82, 2.24) is 0 Å². The molecule has 0 unspecified atom stereocenters. The van der Waals surface area contributed by atoms with Gasteiger partial charge in [0.15, 0.2) is 11.4 Å². The lowest BCUT2D eigenvalue weighted by molar-refractivity contribution is -0.116. The Labute approximate surface area is 117 Å². The predicted molar refractivity (Wildman–Crippen MR) is 72.1 cm³/mol. The van der Waals surface area contributed by atoms with E-state index in [4.69, 9.17) is 27.6 Å². The third-order valence-corrected chi connectivity index (χ3v) is 2.96. The lowest BCUT2D eigenvalue weighted by Crippen LogP contribution is -2.16. The van der Waals surface area contributed by atoms with Crippen molar-refractivity contribution in [3.8, 4) is 0 Å². The Balaban J connectivity index is 2.65. The zero-order chi connectivity index (χ0) is 14.2. The Bertz CT molecular complexity index is 746. The van der Waals surface area contributed by atoms with Gasteiger partial charge in [-0.05, 0) is 25.1 Å². The van der Waals surface area contributed by atoms with Crippen LogP contribution in [0.5, 0.6) is 0 Å². The summed E-state index contributed by atoms with van der Waals surface area (Å²) in [7, 11) is 0. The van der Waals surface area contributed by atoms with E-state index in [1.807, 2.05) is 0 Å². The maximum absolute atomic E-state index is 11.7. The first kappa shape index (κ1) is 13.8. The van der Waals surface area contributed by atoms with E-state index >= 15 is 0 Å². The van der Waals surface area contributed by atoms with Crippen LogP contribution in [0.25, 0.3) is 11.0 Å². The zero-order valence-electron chi connectivity index (χ0n) is 9.83. The van der Waals surface area contributed by atoms with Crippen molar-refractivity contribution in [2.45, 2.75) is 13.3 Å². The molecule has 98 valence electrons.